The number of imidazole rings is 1. The van der Waals surface area contributed by atoms with Crippen LogP contribution < -0.4 is 11.0 Å². The van der Waals surface area contributed by atoms with Crippen LogP contribution in [0, 0.1) is 5.82 Å². The van der Waals surface area contributed by atoms with Crippen LogP contribution in [-0.4, -0.2) is 15.7 Å². The van der Waals surface area contributed by atoms with Crippen LogP contribution in [0.1, 0.15) is 19.9 Å². The molecular weight excluding hydrogens is 245 g/mol. The van der Waals surface area contributed by atoms with Crippen molar-refractivity contribution in [3.63, 3.8) is 0 Å². The Morgan fingerprint density at radius 3 is 2.47 bits per heavy atom. The van der Waals surface area contributed by atoms with Crippen LogP contribution in [0.5, 0.6) is 0 Å². The van der Waals surface area contributed by atoms with Gasteiger partial charge in [0.15, 0.2) is 0 Å². The highest BCUT2D eigenvalue weighted by Gasteiger charge is 2.05. The Labute approximate surface area is 111 Å². The van der Waals surface area contributed by atoms with Crippen molar-refractivity contribution < 1.29 is 4.39 Å². The fourth-order valence-electron chi connectivity index (χ4n) is 1.88. The van der Waals surface area contributed by atoms with Crippen LogP contribution in [0.2, 0.25) is 0 Å². The maximum absolute atomic E-state index is 12.7. The van der Waals surface area contributed by atoms with Gasteiger partial charge in [-0.2, -0.15) is 0 Å². The molecule has 1 aromatic carbocycles. The zero-order valence-electron chi connectivity index (χ0n) is 11.1. The van der Waals surface area contributed by atoms with Gasteiger partial charge in [-0.3, -0.25) is 9.13 Å². The third-order valence-electron chi connectivity index (χ3n) is 2.96. The number of nitrogens with one attached hydrogen (secondary N) is 1. The second-order valence-corrected chi connectivity index (χ2v) is 4.71. The van der Waals surface area contributed by atoms with E-state index in [1.807, 2.05) is 13.8 Å². The molecule has 0 fully saturated rings. The SMILES string of the molecule is CC(C)n1ccn(CCNc2ccc(F)cc2)c1=O. The van der Waals surface area contributed by atoms with Gasteiger partial charge in [0.2, 0.25) is 0 Å². The van der Waals surface area contributed by atoms with E-state index in [0.717, 1.165) is 5.69 Å². The summed E-state index contributed by atoms with van der Waals surface area (Å²) in [5.41, 5.74) is 0.841. The third kappa shape index (κ3) is 3.24. The minimum atomic E-state index is -0.254. The number of benzene rings is 1. The highest BCUT2D eigenvalue weighted by atomic mass is 19.1. The first kappa shape index (κ1) is 13.4. The van der Waals surface area contributed by atoms with E-state index in [4.69, 9.17) is 0 Å². The Hall–Kier alpha value is -2.04. The predicted octanol–water partition coefficient (Wildman–Crippen LogP) is 2.48. The lowest BCUT2D eigenvalue weighted by Crippen LogP contribution is -2.27. The van der Waals surface area contributed by atoms with Crippen molar-refractivity contribution >= 4 is 5.69 Å². The molecule has 2 rings (SSSR count). The summed E-state index contributed by atoms with van der Waals surface area (Å²) in [6.45, 7) is 5.15. The van der Waals surface area contributed by atoms with Gasteiger partial charge in [0, 0.05) is 37.2 Å². The number of rotatable bonds is 5. The molecule has 0 aliphatic rings. The largest absolute Gasteiger partial charge is 0.383 e. The van der Waals surface area contributed by atoms with E-state index in [9.17, 15) is 9.18 Å². The topological polar surface area (TPSA) is 39.0 Å². The van der Waals surface area contributed by atoms with Crippen molar-refractivity contribution in [2.24, 2.45) is 0 Å². The molecule has 1 heterocycles. The Bertz CT molecular complexity index is 583. The van der Waals surface area contributed by atoms with Crippen LogP contribution in [0.4, 0.5) is 10.1 Å². The lowest BCUT2D eigenvalue weighted by atomic mass is 10.3. The van der Waals surface area contributed by atoms with Crippen LogP contribution in [0.15, 0.2) is 41.5 Å². The molecule has 0 aliphatic carbocycles. The summed E-state index contributed by atoms with van der Waals surface area (Å²) in [6.07, 6.45) is 3.58. The van der Waals surface area contributed by atoms with Gasteiger partial charge in [-0.05, 0) is 38.1 Å². The number of halogens is 1. The monoisotopic (exact) mass is 263 g/mol. The van der Waals surface area contributed by atoms with E-state index in [2.05, 4.69) is 5.32 Å². The van der Waals surface area contributed by atoms with Crippen molar-refractivity contribution in [3.05, 3.63) is 53.0 Å². The van der Waals surface area contributed by atoms with Crippen LogP contribution in [-0.2, 0) is 6.54 Å². The first-order valence-electron chi connectivity index (χ1n) is 6.34. The average Bonchev–Trinajstić information content (AvgIpc) is 2.74. The van der Waals surface area contributed by atoms with Gasteiger partial charge in [0.25, 0.3) is 0 Å². The van der Waals surface area contributed by atoms with Crippen molar-refractivity contribution in [2.45, 2.75) is 26.4 Å². The Kier molecular flexibility index (Phi) is 4.04. The van der Waals surface area contributed by atoms with Gasteiger partial charge in [0.05, 0.1) is 0 Å². The van der Waals surface area contributed by atoms with Gasteiger partial charge in [-0.15, -0.1) is 0 Å². The minimum absolute atomic E-state index is 0.00379. The van der Waals surface area contributed by atoms with Gasteiger partial charge in [-0.1, -0.05) is 0 Å². The molecule has 1 N–H and O–H groups in total. The fraction of sp³-hybridized carbons (Fsp3) is 0.357. The molecule has 1 aromatic heterocycles. The van der Waals surface area contributed by atoms with E-state index < -0.39 is 0 Å². The Morgan fingerprint density at radius 2 is 1.89 bits per heavy atom. The minimum Gasteiger partial charge on any atom is -0.383 e. The highest BCUT2D eigenvalue weighted by Crippen LogP contribution is 2.07. The third-order valence-corrected chi connectivity index (χ3v) is 2.96. The van der Waals surface area contributed by atoms with Gasteiger partial charge >= 0.3 is 5.69 Å². The predicted molar refractivity (Wildman–Crippen MR) is 74.0 cm³/mol. The summed E-state index contributed by atoms with van der Waals surface area (Å²) in [4.78, 5) is 11.9. The van der Waals surface area contributed by atoms with E-state index >= 15 is 0 Å². The quantitative estimate of drug-likeness (QED) is 0.900. The molecule has 0 bridgehead atoms. The van der Waals surface area contributed by atoms with Crippen molar-refractivity contribution in [1.29, 1.82) is 0 Å². The molecule has 0 radical (unpaired) electrons. The maximum atomic E-state index is 12.7. The van der Waals surface area contributed by atoms with Gasteiger partial charge < -0.3 is 5.32 Å². The van der Waals surface area contributed by atoms with Crippen molar-refractivity contribution in [3.8, 4) is 0 Å². The molecule has 0 aliphatic heterocycles. The average molecular weight is 263 g/mol. The Morgan fingerprint density at radius 1 is 1.21 bits per heavy atom. The lowest BCUT2D eigenvalue weighted by Gasteiger charge is -2.07. The first-order valence-corrected chi connectivity index (χ1v) is 6.34. The van der Waals surface area contributed by atoms with E-state index in [0.29, 0.717) is 13.1 Å². The maximum Gasteiger partial charge on any atom is 0.328 e. The molecule has 0 saturated heterocycles. The van der Waals surface area contributed by atoms with Crippen LogP contribution in [0.3, 0.4) is 0 Å². The normalized spacial score (nSPS) is 10.9. The van der Waals surface area contributed by atoms with Crippen LogP contribution in [0.25, 0.3) is 0 Å². The number of aromatic nitrogens is 2. The molecule has 0 spiro atoms. The molecule has 2 aromatic rings. The highest BCUT2D eigenvalue weighted by molar-refractivity contribution is 5.42. The molecule has 0 saturated carbocycles. The van der Waals surface area contributed by atoms with Crippen LogP contribution >= 0.6 is 0 Å². The summed E-state index contributed by atoms with van der Waals surface area (Å²) in [5, 5.41) is 3.15. The zero-order chi connectivity index (χ0) is 13.8. The summed E-state index contributed by atoms with van der Waals surface area (Å²) < 4.78 is 16.1. The molecule has 5 heteroatoms. The number of hydrogen-bond acceptors (Lipinski definition) is 2. The van der Waals surface area contributed by atoms with Crippen molar-refractivity contribution in [1.82, 2.24) is 9.13 Å². The van der Waals surface area contributed by atoms with E-state index in [-0.39, 0.29) is 17.5 Å². The number of nitrogens with zero attached hydrogens (tertiary/aromatic N) is 2. The summed E-state index contributed by atoms with van der Waals surface area (Å²) in [7, 11) is 0. The van der Waals surface area contributed by atoms with Crippen molar-refractivity contribution in [2.75, 3.05) is 11.9 Å². The molecule has 19 heavy (non-hydrogen) atoms. The smallest absolute Gasteiger partial charge is 0.328 e. The zero-order valence-corrected chi connectivity index (χ0v) is 11.1. The molecule has 102 valence electrons. The second kappa shape index (κ2) is 5.73. The van der Waals surface area contributed by atoms with E-state index in [1.54, 1.807) is 33.7 Å². The number of hydrogen-bond donors (Lipinski definition) is 1. The molecule has 0 unspecified atom stereocenters. The first-order chi connectivity index (χ1) is 9.08. The molecule has 0 atom stereocenters. The summed E-state index contributed by atoms with van der Waals surface area (Å²) in [5.74, 6) is -0.254. The number of anilines is 1. The summed E-state index contributed by atoms with van der Waals surface area (Å²) in [6, 6.07) is 6.33. The lowest BCUT2D eigenvalue weighted by molar-refractivity contribution is 0.555. The van der Waals surface area contributed by atoms with E-state index in [1.165, 1.54) is 12.1 Å². The van der Waals surface area contributed by atoms with Gasteiger partial charge in [-0.25, -0.2) is 9.18 Å². The van der Waals surface area contributed by atoms with Gasteiger partial charge in [0.1, 0.15) is 5.82 Å². The molecule has 0 amide bonds. The standard InChI is InChI=1S/C14H18FN3O/c1-11(2)18-10-9-17(14(18)19)8-7-16-13-5-3-12(15)4-6-13/h3-6,9-11,16H,7-8H2,1-2H3. The Balaban J connectivity index is 1.93. The molecular formula is C14H18FN3O. The summed E-state index contributed by atoms with van der Waals surface area (Å²) >= 11 is 0. The fourth-order valence-corrected chi connectivity index (χ4v) is 1.88. The molecule has 4 nitrogen and oxygen atoms in total. The second-order valence-electron chi connectivity index (χ2n) is 4.71.